The lowest BCUT2D eigenvalue weighted by Crippen LogP contribution is -2.37. The van der Waals surface area contributed by atoms with Gasteiger partial charge in [-0.2, -0.15) is 0 Å². The van der Waals surface area contributed by atoms with E-state index in [1.165, 1.54) is 0 Å². The number of aliphatic carboxylic acids is 1. The van der Waals surface area contributed by atoms with E-state index in [4.69, 9.17) is 5.11 Å². The molecule has 0 saturated carbocycles. The normalized spacial score (nSPS) is 16.6. The highest BCUT2D eigenvalue weighted by Crippen LogP contribution is 2.19. The summed E-state index contributed by atoms with van der Waals surface area (Å²) in [5, 5.41) is 11.8. The van der Waals surface area contributed by atoms with E-state index < -0.39 is 11.9 Å². The van der Waals surface area contributed by atoms with Gasteiger partial charge in [0, 0.05) is 18.7 Å². The van der Waals surface area contributed by atoms with Gasteiger partial charge in [0.05, 0.1) is 12.5 Å². The summed E-state index contributed by atoms with van der Waals surface area (Å²) in [7, 11) is 0. The van der Waals surface area contributed by atoms with Crippen LogP contribution >= 0.6 is 0 Å². The van der Waals surface area contributed by atoms with Crippen LogP contribution in [-0.4, -0.2) is 40.9 Å². The minimum Gasteiger partial charge on any atom is -0.481 e. The second kappa shape index (κ2) is 7.76. The van der Waals surface area contributed by atoms with E-state index in [2.05, 4.69) is 5.32 Å². The first-order valence-electron chi connectivity index (χ1n) is 7.88. The van der Waals surface area contributed by atoms with Gasteiger partial charge in [-0.25, -0.2) is 0 Å². The summed E-state index contributed by atoms with van der Waals surface area (Å²) in [6.07, 6.45) is 3.31. The molecule has 1 aliphatic heterocycles. The molecule has 1 heterocycles. The number of carboxylic acid groups (broad SMARTS) is 1. The third kappa shape index (κ3) is 4.81. The summed E-state index contributed by atoms with van der Waals surface area (Å²) >= 11 is 0. The lowest BCUT2D eigenvalue weighted by atomic mass is 10.0. The molecule has 6 nitrogen and oxygen atoms in total. The maximum atomic E-state index is 12.1. The van der Waals surface area contributed by atoms with Gasteiger partial charge >= 0.3 is 5.97 Å². The number of hydrogen-bond acceptors (Lipinski definition) is 3. The van der Waals surface area contributed by atoms with Gasteiger partial charge in [-0.05, 0) is 37.5 Å². The zero-order chi connectivity index (χ0) is 16.8. The van der Waals surface area contributed by atoms with Gasteiger partial charge in [0.15, 0.2) is 0 Å². The molecule has 1 aromatic carbocycles. The summed E-state index contributed by atoms with van der Waals surface area (Å²) < 4.78 is 0. The zero-order valence-electron chi connectivity index (χ0n) is 13.2. The van der Waals surface area contributed by atoms with Crippen LogP contribution in [0, 0.1) is 0 Å². The lowest BCUT2D eigenvalue weighted by molar-refractivity contribution is -0.138. The van der Waals surface area contributed by atoms with E-state index in [1.54, 1.807) is 36.1 Å². The van der Waals surface area contributed by atoms with Crippen molar-refractivity contribution < 1.29 is 19.5 Å². The Bertz CT molecular complexity index is 600. The van der Waals surface area contributed by atoms with E-state index in [1.807, 2.05) is 0 Å². The van der Waals surface area contributed by atoms with Crippen LogP contribution in [0.3, 0.4) is 0 Å². The average molecular weight is 318 g/mol. The van der Waals surface area contributed by atoms with Crippen LogP contribution in [0.25, 0.3) is 0 Å². The fraction of sp³-hybridized carbons (Fsp3) is 0.471. The highest BCUT2D eigenvalue weighted by Gasteiger charge is 2.19. The van der Waals surface area contributed by atoms with Crippen molar-refractivity contribution in [1.82, 2.24) is 4.90 Å². The summed E-state index contributed by atoms with van der Waals surface area (Å²) in [5.74, 6) is -1.80. The minimum atomic E-state index is -0.913. The predicted molar refractivity (Wildman–Crippen MR) is 86.2 cm³/mol. The predicted octanol–water partition coefficient (Wildman–Crippen LogP) is 2.22. The van der Waals surface area contributed by atoms with Crippen LogP contribution in [0.5, 0.6) is 0 Å². The SMILES string of the molecule is CC(C(=O)O)c1cccc(NC(=O)CN2CCCCCC2=O)c1. The van der Waals surface area contributed by atoms with Gasteiger partial charge in [-0.3, -0.25) is 14.4 Å². The molecule has 0 aromatic heterocycles. The Morgan fingerprint density at radius 1 is 1.30 bits per heavy atom. The van der Waals surface area contributed by atoms with Gasteiger partial charge in [0.1, 0.15) is 0 Å². The van der Waals surface area contributed by atoms with Crippen molar-refractivity contribution in [1.29, 1.82) is 0 Å². The van der Waals surface area contributed by atoms with Crippen molar-refractivity contribution in [2.24, 2.45) is 0 Å². The average Bonchev–Trinajstić information content (AvgIpc) is 2.71. The number of carboxylic acids is 1. The van der Waals surface area contributed by atoms with Gasteiger partial charge in [0.2, 0.25) is 11.8 Å². The number of likely N-dealkylation sites (tertiary alicyclic amines) is 1. The summed E-state index contributed by atoms with van der Waals surface area (Å²) in [4.78, 5) is 36.7. The molecule has 6 heteroatoms. The Balaban J connectivity index is 1.98. The highest BCUT2D eigenvalue weighted by molar-refractivity contribution is 5.94. The number of benzene rings is 1. The second-order valence-electron chi connectivity index (χ2n) is 5.86. The molecule has 2 amide bonds. The van der Waals surface area contributed by atoms with Crippen molar-refractivity contribution in [3.63, 3.8) is 0 Å². The monoisotopic (exact) mass is 318 g/mol. The molecule has 1 fully saturated rings. The number of carbonyl (C=O) groups excluding carboxylic acids is 2. The van der Waals surface area contributed by atoms with Gasteiger partial charge in [-0.15, -0.1) is 0 Å². The van der Waals surface area contributed by atoms with Crippen LogP contribution in [0.4, 0.5) is 5.69 Å². The van der Waals surface area contributed by atoms with E-state index in [0.717, 1.165) is 19.3 Å². The quantitative estimate of drug-likeness (QED) is 0.871. The van der Waals surface area contributed by atoms with Crippen molar-refractivity contribution in [3.8, 4) is 0 Å². The molecular weight excluding hydrogens is 296 g/mol. The van der Waals surface area contributed by atoms with E-state index >= 15 is 0 Å². The zero-order valence-corrected chi connectivity index (χ0v) is 13.2. The Labute approximate surface area is 135 Å². The van der Waals surface area contributed by atoms with Crippen molar-refractivity contribution in [2.45, 2.75) is 38.5 Å². The third-order valence-corrected chi connectivity index (χ3v) is 4.05. The molecule has 0 radical (unpaired) electrons. The fourth-order valence-corrected chi connectivity index (χ4v) is 2.61. The number of amides is 2. The van der Waals surface area contributed by atoms with E-state index in [9.17, 15) is 14.4 Å². The molecule has 1 atom stereocenters. The molecule has 1 aromatic rings. The molecule has 2 N–H and O–H groups in total. The number of anilines is 1. The van der Waals surface area contributed by atoms with Gasteiger partial charge < -0.3 is 15.3 Å². The Morgan fingerprint density at radius 2 is 2.09 bits per heavy atom. The number of nitrogens with zero attached hydrogens (tertiary/aromatic N) is 1. The number of carbonyl (C=O) groups is 3. The largest absolute Gasteiger partial charge is 0.481 e. The Kier molecular flexibility index (Phi) is 5.73. The number of rotatable bonds is 5. The maximum absolute atomic E-state index is 12.1. The summed E-state index contributed by atoms with van der Waals surface area (Å²) in [5.41, 5.74) is 1.17. The second-order valence-corrected chi connectivity index (χ2v) is 5.86. The molecule has 0 spiro atoms. The van der Waals surface area contributed by atoms with Crippen LogP contribution in [-0.2, 0) is 14.4 Å². The standard InChI is InChI=1S/C17H22N2O4/c1-12(17(22)23)13-6-5-7-14(10-13)18-15(20)11-19-9-4-2-3-8-16(19)21/h5-7,10,12H,2-4,8-9,11H2,1H3,(H,18,20)(H,22,23). The number of nitrogens with one attached hydrogen (secondary N) is 1. The van der Waals surface area contributed by atoms with Crippen molar-refractivity contribution in [3.05, 3.63) is 29.8 Å². The molecule has 23 heavy (non-hydrogen) atoms. The highest BCUT2D eigenvalue weighted by atomic mass is 16.4. The first-order valence-corrected chi connectivity index (χ1v) is 7.88. The smallest absolute Gasteiger partial charge is 0.310 e. The molecule has 0 aliphatic carbocycles. The van der Waals surface area contributed by atoms with Crippen LogP contribution in [0.1, 0.15) is 44.1 Å². The van der Waals surface area contributed by atoms with Crippen LogP contribution in [0.2, 0.25) is 0 Å². The molecule has 2 rings (SSSR count). The van der Waals surface area contributed by atoms with Gasteiger partial charge in [0.25, 0.3) is 0 Å². The first-order chi connectivity index (χ1) is 11.0. The summed E-state index contributed by atoms with van der Waals surface area (Å²) in [6, 6.07) is 6.79. The molecule has 1 unspecified atom stereocenters. The fourth-order valence-electron chi connectivity index (χ4n) is 2.61. The molecule has 1 aliphatic rings. The van der Waals surface area contributed by atoms with E-state index in [-0.39, 0.29) is 18.4 Å². The Morgan fingerprint density at radius 3 is 2.83 bits per heavy atom. The van der Waals surface area contributed by atoms with Gasteiger partial charge in [-0.1, -0.05) is 18.6 Å². The Hall–Kier alpha value is -2.37. The number of hydrogen-bond donors (Lipinski definition) is 2. The van der Waals surface area contributed by atoms with Crippen molar-refractivity contribution in [2.75, 3.05) is 18.4 Å². The maximum Gasteiger partial charge on any atom is 0.310 e. The summed E-state index contributed by atoms with van der Waals surface area (Å²) in [6.45, 7) is 2.25. The molecule has 0 bridgehead atoms. The van der Waals surface area contributed by atoms with Crippen LogP contribution < -0.4 is 5.32 Å². The van der Waals surface area contributed by atoms with Crippen LogP contribution in [0.15, 0.2) is 24.3 Å². The first kappa shape index (κ1) is 17.0. The molecular formula is C17H22N2O4. The molecule has 1 saturated heterocycles. The topological polar surface area (TPSA) is 86.7 Å². The molecule has 124 valence electrons. The lowest BCUT2D eigenvalue weighted by Gasteiger charge is -2.20. The minimum absolute atomic E-state index is 0.0194. The third-order valence-electron chi connectivity index (χ3n) is 4.05. The van der Waals surface area contributed by atoms with E-state index in [0.29, 0.717) is 24.2 Å². The van der Waals surface area contributed by atoms with Crippen molar-refractivity contribution >= 4 is 23.5 Å².